The van der Waals surface area contributed by atoms with Gasteiger partial charge in [0.2, 0.25) is 5.91 Å². The van der Waals surface area contributed by atoms with Crippen LogP contribution in [0.3, 0.4) is 0 Å². The molecule has 1 saturated carbocycles. The average molecular weight is 448 g/mol. The SMILES string of the molecule is COC[C@H]1[C@@H](c2ccc(-c3ccccc3C)cc2)[C@H]2CN(C(=O)NC3CCCC3)CC(=O)N21. The van der Waals surface area contributed by atoms with Crippen LogP contribution in [0.1, 0.15) is 42.7 Å². The third-order valence-electron chi connectivity index (χ3n) is 7.62. The van der Waals surface area contributed by atoms with Gasteiger partial charge in [-0.25, -0.2) is 4.79 Å². The first-order chi connectivity index (χ1) is 16.1. The smallest absolute Gasteiger partial charge is 0.318 e. The number of nitrogens with zero attached hydrogens (tertiary/aromatic N) is 2. The van der Waals surface area contributed by atoms with Gasteiger partial charge in [-0.05, 0) is 42.0 Å². The number of hydrogen-bond donors (Lipinski definition) is 1. The highest BCUT2D eigenvalue weighted by Gasteiger charge is 2.54. The Morgan fingerprint density at radius 2 is 1.82 bits per heavy atom. The second kappa shape index (κ2) is 9.18. The van der Waals surface area contributed by atoms with Gasteiger partial charge in [0, 0.05) is 25.6 Å². The highest BCUT2D eigenvalue weighted by atomic mass is 16.5. The van der Waals surface area contributed by atoms with Crippen LogP contribution < -0.4 is 5.32 Å². The molecule has 3 amide bonds. The quantitative estimate of drug-likeness (QED) is 0.755. The normalized spacial score (nSPS) is 25.0. The lowest BCUT2D eigenvalue weighted by atomic mass is 9.73. The van der Waals surface area contributed by atoms with Crippen molar-refractivity contribution in [1.29, 1.82) is 0 Å². The summed E-state index contributed by atoms with van der Waals surface area (Å²) in [4.78, 5) is 29.5. The minimum atomic E-state index is -0.0984. The van der Waals surface area contributed by atoms with Gasteiger partial charge in [0.25, 0.3) is 0 Å². The number of methoxy groups -OCH3 is 1. The Kier molecular flexibility index (Phi) is 6.11. The van der Waals surface area contributed by atoms with Crippen molar-refractivity contribution in [3.63, 3.8) is 0 Å². The number of urea groups is 1. The van der Waals surface area contributed by atoms with E-state index in [4.69, 9.17) is 4.74 Å². The second-order valence-electron chi connectivity index (χ2n) is 9.67. The zero-order chi connectivity index (χ0) is 22.9. The number of nitrogens with one attached hydrogen (secondary N) is 1. The molecule has 6 heteroatoms. The first-order valence-corrected chi connectivity index (χ1v) is 12.1. The topological polar surface area (TPSA) is 61.9 Å². The summed E-state index contributed by atoms with van der Waals surface area (Å²) in [5.74, 6) is 0.171. The summed E-state index contributed by atoms with van der Waals surface area (Å²) < 4.78 is 5.48. The van der Waals surface area contributed by atoms with Gasteiger partial charge in [-0.1, -0.05) is 61.4 Å². The van der Waals surface area contributed by atoms with Crippen LogP contribution in [-0.2, 0) is 9.53 Å². The van der Waals surface area contributed by atoms with Crippen LogP contribution in [0, 0.1) is 6.92 Å². The van der Waals surface area contributed by atoms with E-state index in [9.17, 15) is 9.59 Å². The first kappa shape index (κ1) is 22.0. The summed E-state index contributed by atoms with van der Waals surface area (Å²) in [5, 5.41) is 3.14. The molecule has 5 rings (SSSR count). The number of amides is 3. The van der Waals surface area contributed by atoms with Gasteiger partial charge in [0.15, 0.2) is 0 Å². The van der Waals surface area contributed by atoms with Gasteiger partial charge in [0.1, 0.15) is 6.54 Å². The van der Waals surface area contributed by atoms with E-state index in [0.717, 1.165) is 12.8 Å². The van der Waals surface area contributed by atoms with E-state index in [1.54, 1.807) is 12.0 Å². The van der Waals surface area contributed by atoms with Gasteiger partial charge in [-0.15, -0.1) is 0 Å². The highest BCUT2D eigenvalue weighted by molar-refractivity contribution is 5.87. The Morgan fingerprint density at radius 3 is 2.52 bits per heavy atom. The predicted octanol–water partition coefficient (Wildman–Crippen LogP) is 3.94. The number of carbonyl (C=O) groups excluding carboxylic acids is 2. The fourth-order valence-electron chi connectivity index (χ4n) is 5.93. The molecule has 0 unspecified atom stereocenters. The highest BCUT2D eigenvalue weighted by Crippen LogP contribution is 2.43. The van der Waals surface area contributed by atoms with Crippen molar-refractivity contribution >= 4 is 11.9 Å². The third kappa shape index (κ3) is 4.12. The molecule has 0 bridgehead atoms. The van der Waals surface area contributed by atoms with Gasteiger partial charge in [-0.3, -0.25) is 4.79 Å². The summed E-state index contributed by atoms with van der Waals surface area (Å²) in [6.07, 6.45) is 4.41. The van der Waals surface area contributed by atoms with E-state index in [2.05, 4.69) is 60.8 Å². The fraction of sp³-hybridized carbons (Fsp3) is 0.481. The van der Waals surface area contributed by atoms with Crippen molar-refractivity contribution < 1.29 is 14.3 Å². The monoisotopic (exact) mass is 447 g/mol. The summed E-state index contributed by atoms with van der Waals surface area (Å²) in [5.41, 5.74) is 4.87. The fourth-order valence-corrected chi connectivity index (χ4v) is 5.93. The Morgan fingerprint density at radius 1 is 1.09 bits per heavy atom. The van der Waals surface area contributed by atoms with Crippen molar-refractivity contribution in [3.8, 4) is 11.1 Å². The summed E-state index contributed by atoms with van der Waals surface area (Å²) in [6, 6.07) is 17.2. The standard InChI is InChI=1S/C27H33N3O3/c1-18-7-3-6-10-22(18)19-11-13-20(14-12-19)26-23-15-29(27(32)28-21-8-4-5-9-21)16-25(31)30(23)24(26)17-33-2/h3,6-7,10-14,21,23-24,26H,4-5,8-9,15-17H2,1-2H3,(H,28,32)/t23-,24+,26+/m1/s1. The number of fused-ring (bicyclic) bond motifs is 1. The number of hydrogen-bond acceptors (Lipinski definition) is 3. The Hall–Kier alpha value is -2.86. The average Bonchev–Trinajstić information content (AvgIpc) is 3.31. The Balaban J connectivity index is 1.35. The summed E-state index contributed by atoms with van der Waals surface area (Å²) in [7, 11) is 1.68. The molecule has 2 aromatic rings. The van der Waals surface area contributed by atoms with E-state index in [0.29, 0.717) is 13.2 Å². The van der Waals surface area contributed by atoms with E-state index < -0.39 is 0 Å². The molecule has 2 heterocycles. The molecular formula is C27H33N3O3. The lowest BCUT2D eigenvalue weighted by molar-refractivity contribution is -0.160. The number of rotatable bonds is 5. The first-order valence-electron chi connectivity index (χ1n) is 12.1. The van der Waals surface area contributed by atoms with E-state index in [1.165, 1.54) is 35.1 Å². The Bertz CT molecular complexity index is 1020. The van der Waals surface area contributed by atoms with Crippen molar-refractivity contribution in [2.75, 3.05) is 26.8 Å². The van der Waals surface area contributed by atoms with Crippen molar-refractivity contribution in [2.45, 2.75) is 56.7 Å². The summed E-state index contributed by atoms with van der Waals surface area (Å²) >= 11 is 0. The maximum Gasteiger partial charge on any atom is 0.318 e. The molecule has 1 N–H and O–H groups in total. The number of ether oxygens (including phenoxy) is 1. The van der Waals surface area contributed by atoms with Crippen LogP contribution in [0.25, 0.3) is 11.1 Å². The van der Waals surface area contributed by atoms with Crippen LogP contribution in [0.15, 0.2) is 48.5 Å². The van der Waals surface area contributed by atoms with Crippen LogP contribution >= 0.6 is 0 Å². The molecule has 0 spiro atoms. The van der Waals surface area contributed by atoms with Crippen molar-refractivity contribution in [3.05, 3.63) is 59.7 Å². The Labute approximate surface area is 195 Å². The molecule has 0 aromatic heterocycles. The van der Waals surface area contributed by atoms with Gasteiger partial charge >= 0.3 is 6.03 Å². The van der Waals surface area contributed by atoms with E-state index >= 15 is 0 Å². The van der Waals surface area contributed by atoms with Gasteiger partial charge in [-0.2, -0.15) is 0 Å². The number of carbonyl (C=O) groups is 2. The van der Waals surface area contributed by atoms with Gasteiger partial charge < -0.3 is 19.9 Å². The van der Waals surface area contributed by atoms with Crippen LogP contribution in [-0.4, -0.2) is 66.7 Å². The zero-order valence-electron chi connectivity index (χ0n) is 19.5. The molecule has 0 radical (unpaired) electrons. The van der Waals surface area contributed by atoms with E-state index in [-0.39, 0.29) is 42.5 Å². The minimum absolute atomic E-state index is 0.00922. The van der Waals surface area contributed by atoms with Crippen LogP contribution in [0.4, 0.5) is 4.79 Å². The molecule has 1 aliphatic carbocycles. The number of piperazine rings is 1. The molecular weight excluding hydrogens is 414 g/mol. The molecule has 2 aliphatic heterocycles. The van der Waals surface area contributed by atoms with E-state index in [1.807, 2.05) is 4.90 Å². The molecule has 33 heavy (non-hydrogen) atoms. The molecule has 3 atom stereocenters. The van der Waals surface area contributed by atoms with Gasteiger partial charge in [0.05, 0.1) is 18.7 Å². The number of aryl methyl sites for hydroxylation is 1. The van der Waals surface area contributed by atoms with Crippen molar-refractivity contribution in [2.24, 2.45) is 0 Å². The van der Waals surface area contributed by atoms with Crippen LogP contribution in [0.2, 0.25) is 0 Å². The second-order valence-corrected chi connectivity index (χ2v) is 9.67. The largest absolute Gasteiger partial charge is 0.383 e. The molecule has 6 nitrogen and oxygen atoms in total. The van der Waals surface area contributed by atoms with Crippen molar-refractivity contribution in [1.82, 2.24) is 15.1 Å². The summed E-state index contributed by atoms with van der Waals surface area (Å²) in [6.45, 7) is 3.34. The molecule has 3 aliphatic rings. The molecule has 174 valence electrons. The maximum absolute atomic E-state index is 13.0. The molecule has 2 saturated heterocycles. The number of benzene rings is 2. The zero-order valence-corrected chi connectivity index (χ0v) is 19.5. The minimum Gasteiger partial charge on any atom is -0.383 e. The predicted molar refractivity (Wildman–Crippen MR) is 128 cm³/mol. The molecule has 3 fully saturated rings. The molecule has 2 aromatic carbocycles. The van der Waals surface area contributed by atoms with Crippen LogP contribution in [0.5, 0.6) is 0 Å². The lowest BCUT2D eigenvalue weighted by Crippen LogP contribution is -2.74. The third-order valence-corrected chi connectivity index (χ3v) is 7.62. The lowest BCUT2D eigenvalue weighted by Gasteiger charge is -2.59. The maximum atomic E-state index is 13.0.